The standard InChI is InChI=1S/C29H34N2O5.C20H20N2O3/c1-33-28(34-2)20-31(24-14-18-27(19-15-24)36-26-10-6-7-11-26)29(32)30-23-12-16-25(17-13-23)35-21-22-8-4-3-5-9-22;23-17-9-5-15(6-10-17)21-13-14-22(20(21)24)16-7-11-19(12-8-16)25-18-3-1-2-4-18/h3-5,8-9,12-19,26,28H,6-7,10-11,20-21H2,1-2H3,(H,30,32);5-14,18,23H,1-4H2. The Balaban J connectivity index is 0.000000196. The van der Waals surface area contributed by atoms with Crippen molar-refractivity contribution in [3.63, 3.8) is 0 Å². The average Bonchev–Trinajstić information content (AvgIpc) is 4.09. The molecule has 0 saturated heterocycles. The van der Waals surface area contributed by atoms with Crippen LogP contribution >= 0.6 is 0 Å². The fourth-order valence-electron chi connectivity index (χ4n) is 7.44. The number of ether oxygens (including phenoxy) is 5. The van der Waals surface area contributed by atoms with Gasteiger partial charge in [-0.2, -0.15) is 0 Å². The lowest BCUT2D eigenvalue weighted by Gasteiger charge is -2.27. The maximum Gasteiger partial charge on any atom is 0.337 e. The van der Waals surface area contributed by atoms with Crippen LogP contribution < -0.4 is 30.1 Å². The van der Waals surface area contributed by atoms with Crippen LogP contribution in [0.3, 0.4) is 0 Å². The van der Waals surface area contributed by atoms with Crippen molar-refractivity contribution in [2.75, 3.05) is 31.0 Å². The number of carbonyl (C=O) groups excluding carboxylic acids is 1. The Kier molecular flexibility index (Phi) is 14.8. The Bertz CT molecular complexity index is 2300. The zero-order valence-electron chi connectivity index (χ0n) is 34.7. The summed E-state index contributed by atoms with van der Waals surface area (Å²) < 4.78 is 31.7. The van der Waals surface area contributed by atoms with Crippen LogP contribution in [0.15, 0.2) is 145 Å². The Hall–Kier alpha value is -6.50. The number of anilines is 2. The van der Waals surface area contributed by atoms with E-state index >= 15 is 0 Å². The lowest BCUT2D eigenvalue weighted by molar-refractivity contribution is -0.0938. The normalized spacial score (nSPS) is 14.0. The molecule has 2 amide bonds. The number of benzene rings is 5. The molecule has 12 nitrogen and oxygen atoms in total. The fraction of sp³-hybridized carbons (Fsp3) is 0.306. The van der Waals surface area contributed by atoms with Crippen LogP contribution in [-0.4, -0.2) is 59.5 Å². The number of phenolic OH excluding ortho intramolecular Hbond substituents is 1. The first-order valence-corrected chi connectivity index (χ1v) is 20.9. The SMILES string of the molecule is COC(CN(C(=O)Nc1ccc(OCc2ccccc2)cc1)c1ccc(OC2CCCC2)cc1)OC.O=c1n(-c2ccc(O)cc2)ccn1-c1ccc(OC2CCCC2)cc1. The van der Waals surface area contributed by atoms with Gasteiger partial charge in [0.05, 0.1) is 30.1 Å². The molecule has 0 spiro atoms. The van der Waals surface area contributed by atoms with Crippen molar-refractivity contribution in [3.8, 4) is 34.4 Å². The van der Waals surface area contributed by atoms with E-state index in [1.807, 2.05) is 103 Å². The third kappa shape index (κ3) is 11.8. The summed E-state index contributed by atoms with van der Waals surface area (Å²) in [5.41, 5.74) is 3.81. The molecule has 2 saturated carbocycles. The lowest BCUT2D eigenvalue weighted by atomic mass is 10.2. The molecule has 1 aromatic heterocycles. The van der Waals surface area contributed by atoms with Crippen molar-refractivity contribution >= 4 is 17.4 Å². The summed E-state index contributed by atoms with van der Waals surface area (Å²) in [5, 5.41) is 12.3. The van der Waals surface area contributed by atoms with Gasteiger partial charge in [0.15, 0.2) is 6.29 Å². The van der Waals surface area contributed by atoms with E-state index in [-0.39, 0.29) is 30.1 Å². The van der Waals surface area contributed by atoms with Crippen LogP contribution in [0.25, 0.3) is 11.4 Å². The van der Waals surface area contributed by atoms with Gasteiger partial charge < -0.3 is 34.1 Å². The smallest absolute Gasteiger partial charge is 0.337 e. The summed E-state index contributed by atoms with van der Waals surface area (Å²) in [6.07, 6.45) is 12.8. The summed E-state index contributed by atoms with van der Waals surface area (Å²) in [6.45, 7) is 0.705. The second kappa shape index (κ2) is 21.1. The summed E-state index contributed by atoms with van der Waals surface area (Å²) >= 11 is 0. The number of rotatable bonds is 15. The second-order valence-electron chi connectivity index (χ2n) is 15.1. The van der Waals surface area contributed by atoms with Gasteiger partial charge in [0, 0.05) is 38.0 Å². The second-order valence-corrected chi connectivity index (χ2v) is 15.1. The number of hydrogen-bond acceptors (Lipinski definition) is 8. The molecule has 6 aromatic rings. The number of aromatic hydroxyl groups is 1. The molecular weight excluding hydrogens is 773 g/mol. The van der Waals surface area contributed by atoms with Gasteiger partial charge in [-0.1, -0.05) is 30.3 Å². The van der Waals surface area contributed by atoms with E-state index in [1.54, 1.807) is 64.9 Å². The maximum absolute atomic E-state index is 13.3. The zero-order valence-corrected chi connectivity index (χ0v) is 34.7. The number of urea groups is 1. The first-order chi connectivity index (χ1) is 29.8. The number of phenols is 1. The highest BCUT2D eigenvalue weighted by molar-refractivity contribution is 6.01. The predicted octanol–water partition coefficient (Wildman–Crippen LogP) is 9.90. The number of nitrogens with zero attached hydrogens (tertiary/aromatic N) is 3. The third-order valence-electron chi connectivity index (χ3n) is 10.8. The van der Waals surface area contributed by atoms with Crippen LogP contribution in [-0.2, 0) is 16.1 Å². The molecule has 61 heavy (non-hydrogen) atoms. The van der Waals surface area contributed by atoms with Gasteiger partial charge in [-0.3, -0.25) is 14.0 Å². The van der Waals surface area contributed by atoms with Gasteiger partial charge in [-0.25, -0.2) is 9.59 Å². The molecule has 1 heterocycles. The van der Waals surface area contributed by atoms with E-state index in [1.165, 1.54) is 25.7 Å². The quantitative estimate of drug-likeness (QED) is 0.0981. The number of imidazole rings is 1. The van der Waals surface area contributed by atoms with Gasteiger partial charge in [-0.05, 0) is 154 Å². The monoisotopic (exact) mass is 826 g/mol. The van der Waals surface area contributed by atoms with Gasteiger partial charge in [-0.15, -0.1) is 0 Å². The van der Waals surface area contributed by atoms with Crippen molar-refractivity contribution in [1.82, 2.24) is 9.13 Å². The first-order valence-electron chi connectivity index (χ1n) is 20.9. The van der Waals surface area contributed by atoms with Crippen molar-refractivity contribution in [2.45, 2.75) is 76.5 Å². The van der Waals surface area contributed by atoms with E-state index in [2.05, 4.69) is 5.32 Å². The number of methoxy groups -OCH3 is 2. The molecule has 2 N–H and O–H groups in total. The zero-order chi connectivity index (χ0) is 42.4. The minimum atomic E-state index is -0.570. The molecule has 2 aliphatic rings. The highest BCUT2D eigenvalue weighted by Crippen LogP contribution is 2.28. The van der Waals surface area contributed by atoms with Crippen LogP contribution in [0, 0.1) is 0 Å². The number of carbonyl (C=O) groups is 1. The highest BCUT2D eigenvalue weighted by Gasteiger charge is 2.22. The topological polar surface area (TPSA) is 126 Å². The van der Waals surface area contributed by atoms with Gasteiger partial charge in [0.25, 0.3) is 0 Å². The van der Waals surface area contributed by atoms with Crippen molar-refractivity contribution in [1.29, 1.82) is 0 Å². The average molecular weight is 827 g/mol. The van der Waals surface area contributed by atoms with Crippen LogP contribution in [0.5, 0.6) is 23.0 Å². The largest absolute Gasteiger partial charge is 0.508 e. The number of amides is 2. The summed E-state index contributed by atoms with van der Waals surface area (Å²) in [5.74, 6) is 2.56. The summed E-state index contributed by atoms with van der Waals surface area (Å²) in [6, 6.07) is 38.7. The molecule has 8 rings (SSSR count). The van der Waals surface area contributed by atoms with Gasteiger partial charge in [0.2, 0.25) is 0 Å². The highest BCUT2D eigenvalue weighted by atomic mass is 16.7. The van der Waals surface area contributed by atoms with Crippen LogP contribution in [0.1, 0.15) is 56.9 Å². The van der Waals surface area contributed by atoms with E-state index < -0.39 is 6.29 Å². The number of aromatic nitrogens is 2. The van der Waals surface area contributed by atoms with E-state index in [9.17, 15) is 14.7 Å². The van der Waals surface area contributed by atoms with Gasteiger partial charge >= 0.3 is 11.7 Å². The number of hydrogen-bond donors (Lipinski definition) is 2. The Labute approximate surface area is 356 Å². The Morgan fingerprint density at radius 2 is 1.16 bits per heavy atom. The molecule has 0 radical (unpaired) electrons. The molecule has 2 fully saturated rings. The summed E-state index contributed by atoms with van der Waals surface area (Å²) in [7, 11) is 3.11. The molecule has 12 heteroatoms. The molecule has 5 aromatic carbocycles. The summed E-state index contributed by atoms with van der Waals surface area (Å²) in [4.78, 5) is 27.5. The first kappa shape index (κ1) is 42.6. The molecular formula is C49H54N4O8. The lowest BCUT2D eigenvalue weighted by Crippen LogP contribution is -2.41. The third-order valence-corrected chi connectivity index (χ3v) is 10.8. The predicted molar refractivity (Wildman–Crippen MR) is 237 cm³/mol. The minimum Gasteiger partial charge on any atom is -0.508 e. The van der Waals surface area contributed by atoms with Crippen molar-refractivity contribution in [2.24, 2.45) is 0 Å². The van der Waals surface area contributed by atoms with Crippen LogP contribution in [0.4, 0.5) is 16.2 Å². The molecule has 0 atom stereocenters. The molecule has 0 unspecified atom stereocenters. The Morgan fingerprint density at radius 1 is 0.672 bits per heavy atom. The molecule has 0 aliphatic heterocycles. The van der Waals surface area contributed by atoms with Crippen molar-refractivity contribution < 1.29 is 33.6 Å². The fourth-order valence-corrected chi connectivity index (χ4v) is 7.44. The van der Waals surface area contributed by atoms with E-state index in [4.69, 9.17) is 23.7 Å². The van der Waals surface area contributed by atoms with Gasteiger partial charge in [0.1, 0.15) is 29.6 Å². The van der Waals surface area contributed by atoms with Crippen molar-refractivity contribution in [3.05, 3.63) is 156 Å². The molecule has 0 bridgehead atoms. The maximum atomic E-state index is 13.3. The Morgan fingerprint density at radius 3 is 1.69 bits per heavy atom. The van der Waals surface area contributed by atoms with E-state index in [0.717, 1.165) is 54.2 Å². The number of nitrogens with one attached hydrogen (secondary N) is 1. The molecule has 2 aliphatic carbocycles. The van der Waals surface area contributed by atoms with E-state index in [0.29, 0.717) is 29.8 Å². The minimum absolute atomic E-state index is 0.157. The van der Waals surface area contributed by atoms with Crippen LogP contribution in [0.2, 0.25) is 0 Å². The molecule has 318 valence electrons.